The Labute approximate surface area is 119 Å². The van der Waals surface area contributed by atoms with Crippen molar-refractivity contribution in [2.45, 2.75) is 33.1 Å². The van der Waals surface area contributed by atoms with Gasteiger partial charge in [-0.25, -0.2) is 0 Å². The van der Waals surface area contributed by atoms with Crippen molar-refractivity contribution < 1.29 is 0 Å². The van der Waals surface area contributed by atoms with E-state index in [1.807, 2.05) is 13.8 Å². The summed E-state index contributed by atoms with van der Waals surface area (Å²) < 4.78 is 0. The Morgan fingerprint density at radius 2 is 1.68 bits per heavy atom. The summed E-state index contributed by atoms with van der Waals surface area (Å²) in [5, 5.41) is 4.94. The van der Waals surface area contributed by atoms with Crippen LogP contribution in [0.25, 0.3) is 0 Å². The van der Waals surface area contributed by atoms with Gasteiger partial charge in [0.15, 0.2) is 0 Å². The number of hydrogen-bond acceptors (Lipinski definition) is 1. The van der Waals surface area contributed by atoms with Crippen molar-refractivity contribution in [2.75, 3.05) is 26.4 Å². The third-order valence-corrected chi connectivity index (χ3v) is 5.75. The second-order valence-electron chi connectivity index (χ2n) is 6.14. The first kappa shape index (κ1) is 15.0. The van der Waals surface area contributed by atoms with E-state index in [1.54, 1.807) is 0 Å². The van der Waals surface area contributed by atoms with Gasteiger partial charge in [-0.15, -0.1) is 0 Å². The highest BCUT2D eigenvalue weighted by molar-refractivity contribution is 7.64. The zero-order chi connectivity index (χ0) is 13.9. The molecule has 0 unspecified atom stereocenters. The molecular weight excluding hydrogens is 249 g/mol. The SMILES string of the molecule is CC.CP(C)c1ccc(CC2CC3(CNC3)C2)cc1. The Balaban J connectivity index is 0.000000637. The van der Waals surface area contributed by atoms with Crippen molar-refractivity contribution in [3.05, 3.63) is 29.8 Å². The van der Waals surface area contributed by atoms with Gasteiger partial charge in [-0.1, -0.05) is 46.0 Å². The maximum atomic E-state index is 3.41. The molecule has 1 saturated heterocycles. The summed E-state index contributed by atoms with van der Waals surface area (Å²) in [5.41, 5.74) is 2.27. The zero-order valence-electron chi connectivity index (χ0n) is 12.9. The Hall–Kier alpha value is -0.390. The first-order chi connectivity index (χ1) is 9.17. The molecule has 1 aliphatic carbocycles. The van der Waals surface area contributed by atoms with Gasteiger partial charge < -0.3 is 5.32 Å². The molecule has 2 fully saturated rings. The minimum Gasteiger partial charge on any atom is -0.316 e. The largest absolute Gasteiger partial charge is 0.316 e. The van der Waals surface area contributed by atoms with Gasteiger partial charge in [0.25, 0.3) is 0 Å². The monoisotopic (exact) mass is 277 g/mol. The Morgan fingerprint density at radius 1 is 1.11 bits per heavy atom. The van der Waals surface area contributed by atoms with E-state index in [-0.39, 0.29) is 7.92 Å². The maximum Gasteiger partial charge on any atom is 0.00204 e. The standard InChI is InChI=1S/C15H22NP.C2H6/c1-17(2)14-5-3-12(4-6-14)7-13-8-15(9-13)10-16-11-15;1-2/h3-6,13,16H,7-11H2,1-2H3;1-2H3. The van der Waals surface area contributed by atoms with Crippen molar-refractivity contribution in [3.63, 3.8) is 0 Å². The Bertz CT molecular complexity index is 384. The highest BCUT2D eigenvalue weighted by Crippen LogP contribution is 2.49. The van der Waals surface area contributed by atoms with Crippen LogP contribution in [0.1, 0.15) is 32.3 Å². The van der Waals surface area contributed by atoms with Crippen molar-refractivity contribution in [2.24, 2.45) is 11.3 Å². The number of nitrogens with one attached hydrogen (secondary N) is 1. The summed E-state index contributed by atoms with van der Waals surface area (Å²) >= 11 is 0. The van der Waals surface area contributed by atoms with E-state index in [0.29, 0.717) is 0 Å². The van der Waals surface area contributed by atoms with Crippen molar-refractivity contribution >= 4 is 13.2 Å². The zero-order valence-corrected chi connectivity index (χ0v) is 13.8. The maximum absolute atomic E-state index is 3.41. The third-order valence-electron chi connectivity index (χ3n) is 4.42. The van der Waals surface area contributed by atoms with Crippen molar-refractivity contribution in [3.8, 4) is 0 Å². The number of hydrogen-bond donors (Lipinski definition) is 1. The molecule has 1 aliphatic heterocycles. The molecule has 2 aliphatic rings. The fourth-order valence-electron chi connectivity index (χ4n) is 3.34. The molecule has 0 aromatic heterocycles. The first-order valence-corrected chi connectivity index (χ1v) is 9.88. The quantitative estimate of drug-likeness (QED) is 0.832. The van der Waals surface area contributed by atoms with Gasteiger partial charge in [0.2, 0.25) is 0 Å². The summed E-state index contributed by atoms with van der Waals surface area (Å²) in [7, 11) is 0.0648. The lowest BCUT2D eigenvalue weighted by Crippen LogP contribution is -2.60. The summed E-state index contributed by atoms with van der Waals surface area (Å²) in [5.74, 6) is 0.952. The van der Waals surface area contributed by atoms with E-state index in [1.165, 1.54) is 43.2 Å². The van der Waals surface area contributed by atoms with Crippen LogP contribution in [0.2, 0.25) is 0 Å². The third kappa shape index (κ3) is 3.38. The van der Waals surface area contributed by atoms with Gasteiger partial charge in [0, 0.05) is 13.1 Å². The normalized spacial score (nSPS) is 20.5. The average molecular weight is 277 g/mol. The molecule has 1 aromatic rings. The molecule has 19 heavy (non-hydrogen) atoms. The fourth-order valence-corrected chi connectivity index (χ4v) is 4.09. The van der Waals surface area contributed by atoms with E-state index >= 15 is 0 Å². The average Bonchev–Trinajstić information content (AvgIpc) is 2.34. The molecule has 1 saturated carbocycles. The second kappa shape index (κ2) is 6.37. The van der Waals surface area contributed by atoms with E-state index in [9.17, 15) is 0 Å². The van der Waals surface area contributed by atoms with Crippen LogP contribution in [-0.2, 0) is 6.42 Å². The van der Waals surface area contributed by atoms with Crippen molar-refractivity contribution in [1.29, 1.82) is 0 Å². The minimum absolute atomic E-state index is 0.0648. The molecule has 0 bridgehead atoms. The molecule has 3 rings (SSSR count). The van der Waals surface area contributed by atoms with Crippen molar-refractivity contribution in [1.82, 2.24) is 5.32 Å². The van der Waals surface area contributed by atoms with Crippen LogP contribution in [0.3, 0.4) is 0 Å². The predicted molar refractivity (Wildman–Crippen MR) is 87.9 cm³/mol. The van der Waals surface area contributed by atoms with Crippen LogP contribution in [0.5, 0.6) is 0 Å². The summed E-state index contributed by atoms with van der Waals surface area (Å²) in [6.45, 7) is 11.2. The minimum atomic E-state index is 0.0648. The molecule has 2 heteroatoms. The van der Waals surface area contributed by atoms with Crippen LogP contribution >= 0.6 is 7.92 Å². The highest BCUT2D eigenvalue weighted by atomic mass is 31.1. The molecule has 0 radical (unpaired) electrons. The van der Waals surface area contributed by atoms with E-state index in [2.05, 4.69) is 42.9 Å². The first-order valence-electron chi connectivity index (χ1n) is 7.64. The lowest BCUT2D eigenvalue weighted by atomic mass is 9.57. The lowest BCUT2D eigenvalue weighted by molar-refractivity contribution is 0.000895. The van der Waals surface area contributed by atoms with Gasteiger partial charge in [0.05, 0.1) is 0 Å². The molecule has 0 atom stereocenters. The molecule has 106 valence electrons. The van der Waals surface area contributed by atoms with Gasteiger partial charge in [-0.3, -0.25) is 0 Å². The van der Waals surface area contributed by atoms with E-state index < -0.39 is 0 Å². The summed E-state index contributed by atoms with van der Waals surface area (Å²) in [6.07, 6.45) is 4.21. The molecule has 1 spiro atoms. The highest BCUT2D eigenvalue weighted by Gasteiger charge is 2.47. The van der Waals surface area contributed by atoms with Gasteiger partial charge in [-0.05, 0) is 54.8 Å². The Kier molecular flexibility index (Phi) is 5.03. The smallest absolute Gasteiger partial charge is 0.00204 e. The molecule has 0 amide bonds. The van der Waals surface area contributed by atoms with Crippen LogP contribution in [-0.4, -0.2) is 26.4 Å². The Morgan fingerprint density at radius 3 is 2.11 bits per heavy atom. The predicted octanol–water partition coefficient (Wildman–Crippen LogP) is 3.62. The van der Waals surface area contributed by atoms with Crippen LogP contribution in [0.4, 0.5) is 0 Å². The lowest BCUT2D eigenvalue weighted by Gasteiger charge is -2.54. The molecular formula is C17H28NP. The molecule has 1 N–H and O–H groups in total. The summed E-state index contributed by atoms with van der Waals surface area (Å²) in [6, 6.07) is 9.37. The van der Waals surface area contributed by atoms with E-state index in [0.717, 1.165) is 11.3 Å². The van der Waals surface area contributed by atoms with E-state index in [4.69, 9.17) is 0 Å². The molecule has 1 aromatic carbocycles. The molecule has 1 heterocycles. The fraction of sp³-hybridized carbons (Fsp3) is 0.647. The molecule has 1 nitrogen and oxygen atoms in total. The van der Waals surface area contributed by atoms with Crippen LogP contribution < -0.4 is 10.6 Å². The number of rotatable bonds is 3. The number of benzene rings is 1. The van der Waals surface area contributed by atoms with Crippen LogP contribution in [0.15, 0.2) is 24.3 Å². The van der Waals surface area contributed by atoms with Crippen LogP contribution in [0, 0.1) is 11.3 Å². The summed E-state index contributed by atoms with van der Waals surface area (Å²) in [4.78, 5) is 0. The topological polar surface area (TPSA) is 12.0 Å². The van der Waals surface area contributed by atoms with Gasteiger partial charge >= 0.3 is 0 Å². The van der Waals surface area contributed by atoms with Gasteiger partial charge in [0.1, 0.15) is 0 Å². The van der Waals surface area contributed by atoms with Gasteiger partial charge in [-0.2, -0.15) is 0 Å². The second-order valence-corrected chi connectivity index (χ2v) is 8.45.